The maximum absolute atomic E-state index is 6.44. The largest absolute Gasteiger partial charge is 0.441 e. The van der Waals surface area contributed by atoms with Crippen LogP contribution in [0.4, 0.5) is 0 Å². The number of benzene rings is 2. The summed E-state index contributed by atoms with van der Waals surface area (Å²) in [5, 5.41) is 1.53. The summed E-state index contributed by atoms with van der Waals surface area (Å²) in [7, 11) is 0. The maximum Gasteiger partial charge on any atom is 0.337 e. The Morgan fingerprint density at radius 3 is 2.45 bits per heavy atom. The lowest BCUT2D eigenvalue weighted by molar-refractivity contribution is -0.609. The molecule has 0 amide bonds. The van der Waals surface area contributed by atoms with Crippen LogP contribution >= 0.6 is 23.2 Å². The van der Waals surface area contributed by atoms with Crippen LogP contribution in [0.3, 0.4) is 0 Å². The predicted molar refractivity (Wildman–Crippen MR) is 133 cm³/mol. The number of ether oxygens (including phenoxy) is 1. The van der Waals surface area contributed by atoms with E-state index in [4.69, 9.17) is 27.9 Å². The van der Waals surface area contributed by atoms with Gasteiger partial charge in [-0.05, 0) is 49.1 Å². The van der Waals surface area contributed by atoms with Crippen molar-refractivity contribution >= 4 is 29.1 Å². The first-order valence-electron chi connectivity index (χ1n) is 11.3. The molecular weight excluding hydrogens is 425 g/mol. The Hall–Kier alpha value is -1.77. The summed E-state index contributed by atoms with van der Waals surface area (Å²) in [6.45, 7) is 11.4. The molecule has 166 valence electrons. The number of unbranched alkanes of at least 4 members (excludes halogenated alkanes) is 1. The topological polar surface area (TPSA) is 12.2 Å². The monoisotopic (exact) mass is 458 g/mol. The number of hydrogen-bond acceptors (Lipinski definition) is 1. The molecule has 4 heteroatoms. The Balaban J connectivity index is 2.18. The van der Waals surface area contributed by atoms with Gasteiger partial charge < -0.3 is 4.74 Å². The number of rotatable bonds is 10. The first kappa shape index (κ1) is 23.9. The van der Waals surface area contributed by atoms with Crippen molar-refractivity contribution in [1.82, 2.24) is 0 Å². The molecule has 2 aromatic carbocycles. The van der Waals surface area contributed by atoms with Crippen molar-refractivity contribution in [2.45, 2.75) is 64.5 Å². The lowest BCUT2D eigenvalue weighted by Crippen LogP contribution is -2.37. The van der Waals surface area contributed by atoms with Gasteiger partial charge in [0.25, 0.3) is 0 Å². The summed E-state index contributed by atoms with van der Waals surface area (Å²) in [5.74, 6) is 1.82. The molecule has 1 heterocycles. The molecule has 0 N–H and O–H groups in total. The Kier molecular flexibility index (Phi) is 8.63. The Morgan fingerprint density at radius 2 is 1.84 bits per heavy atom. The molecule has 0 saturated carbocycles. The van der Waals surface area contributed by atoms with E-state index in [0.29, 0.717) is 12.0 Å². The van der Waals surface area contributed by atoms with Gasteiger partial charge in [0.1, 0.15) is 0 Å². The number of halogens is 2. The highest BCUT2D eigenvalue weighted by Gasteiger charge is 2.45. The van der Waals surface area contributed by atoms with Crippen molar-refractivity contribution in [2.75, 3.05) is 6.61 Å². The second-order valence-corrected chi connectivity index (χ2v) is 9.53. The zero-order valence-corrected chi connectivity index (χ0v) is 20.4. The van der Waals surface area contributed by atoms with Crippen molar-refractivity contribution in [2.24, 2.45) is 5.92 Å². The predicted octanol–water partition coefficient (Wildman–Crippen LogP) is 8.05. The summed E-state index contributed by atoms with van der Waals surface area (Å²) in [4.78, 5) is 0. The Bertz CT molecular complexity index is 904. The third-order valence-corrected chi connectivity index (χ3v) is 6.72. The average molecular weight is 459 g/mol. The number of nitrogens with zero attached hydrogens (tertiary/aromatic N) is 1. The van der Waals surface area contributed by atoms with E-state index in [1.54, 1.807) is 0 Å². The lowest BCUT2D eigenvalue weighted by atomic mass is 9.82. The highest BCUT2D eigenvalue weighted by Crippen LogP contribution is 2.41. The molecule has 0 aliphatic carbocycles. The zero-order valence-electron chi connectivity index (χ0n) is 18.9. The van der Waals surface area contributed by atoms with E-state index >= 15 is 0 Å². The van der Waals surface area contributed by atoms with Crippen LogP contribution in [0.2, 0.25) is 10.0 Å². The maximum atomic E-state index is 6.44. The van der Waals surface area contributed by atoms with Gasteiger partial charge in [-0.1, -0.05) is 74.3 Å². The minimum atomic E-state index is 0.144. The summed E-state index contributed by atoms with van der Waals surface area (Å²) in [5.41, 5.74) is 2.52. The molecule has 2 aromatic rings. The van der Waals surface area contributed by atoms with Crippen molar-refractivity contribution in [3.8, 4) is 0 Å². The van der Waals surface area contributed by atoms with E-state index in [0.717, 1.165) is 48.2 Å². The third kappa shape index (κ3) is 5.73. The Morgan fingerprint density at radius 1 is 1.10 bits per heavy atom. The van der Waals surface area contributed by atoms with Gasteiger partial charge in [0, 0.05) is 21.5 Å². The quantitative estimate of drug-likeness (QED) is 0.199. The normalized spacial score (nSPS) is 18.2. The number of allylic oxidation sites excluding steroid dienone is 1. The van der Waals surface area contributed by atoms with Crippen LogP contribution < -0.4 is 0 Å². The van der Waals surface area contributed by atoms with Crippen molar-refractivity contribution in [3.05, 3.63) is 82.4 Å². The molecule has 0 spiro atoms. The molecule has 2 nitrogen and oxygen atoms in total. The fourth-order valence-electron chi connectivity index (χ4n) is 4.65. The van der Waals surface area contributed by atoms with E-state index in [1.807, 2.05) is 24.3 Å². The molecule has 31 heavy (non-hydrogen) atoms. The zero-order chi connectivity index (χ0) is 22.4. The van der Waals surface area contributed by atoms with Gasteiger partial charge in [-0.25, -0.2) is 0 Å². The van der Waals surface area contributed by atoms with Gasteiger partial charge in [-0.3, -0.25) is 0 Å². The van der Waals surface area contributed by atoms with Crippen LogP contribution in [0, 0.1) is 5.92 Å². The molecule has 3 atom stereocenters. The fourth-order valence-corrected chi connectivity index (χ4v) is 4.98. The highest BCUT2D eigenvalue weighted by molar-refractivity contribution is 6.30. The minimum absolute atomic E-state index is 0.144. The van der Waals surface area contributed by atoms with E-state index in [9.17, 15) is 0 Å². The van der Waals surface area contributed by atoms with Gasteiger partial charge in [-0.2, -0.15) is 4.58 Å². The first-order valence-corrected chi connectivity index (χ1v) is 12.1. The van der Waals surface area contributed by atoms with Crippen LogP contribution in [0.25, 0.3) is 0 Å². The summed E-state index contributed by atoms with van der Waals surface area (Å²) >= 11 is 12.7. The Labute approximate surface area is 197 Å². The molecule has 0 radical (unpaired) electrons. The van der Waals surface area contributed by atoms with Gasteiger partial charge in [-0.15, -0.1) is 6.58 Å². The van der Waals surface area contributed by atoms with Crippen molar-refractivity contribution < 1.29 is 9.31 Å². The van der Waals surface area contributed by atoms with Crippen LogP contribution in [-0.4, -0.2) is 23.1 Å². The molecule has 0 saturated heterocycles. The van der Waals surface area contributed by atoms with Crippen LogP contribution in [0.1, 0.15) is 69.5 Å². The molecule has 2 unspecified atom stereocenters. The van der Waals surface area contributed by atoms with Gasteiger partial charge in [0.2, 0.25) is 0 Å². The lowest BCUT2D eigenvalue weighted by Gasteiger charge is -2.28. The second-order valence-electron chi connectivity index (χ2n) is 8.65. The standard InChI is InChI=1S/C27H34Cl2NO/c1-5-7-8-12-24(21-10-9-11-23(29)17-21)27(20-13-15-22(28)16-14-20)30-25(19(3)4)18-31-26(30)6-2/h5,9-11,13-17,19,24-25,27H,1,6-8,12,18H2,2-4H3/q+1/t24?,25?,27-/m1/s1. The molecule has 0 aromatic heterocycles. The minimum Gasteiger partial charge on any atom is -0.441 e. The molecular formula is C27H34Cl2NO+. The number of hydrogen-bond donors (Lipinski definition) is 0. The highest BCUT2D eigenvalue weighted by atomic mass is 35.5. The molecule has 1 aliphatic heterocycles. The smallest absolute Gasteiger partial charge is 0.337 e. The van der Waals surface area contributed by atoms with Crippen LogP contribution in [0.5, 0.6) is 0 Å². The average Bonchev–Trinajstić information content (AvgIpc) is 3.18. The molecule has 0 fully saturated rings. The SMILES string of the molecule is C=CCCCC(c1cccc(Cl)c1)[C@@H](c1ccc(Cl)cc1)[N+]1=C(CC)OCC1C(C)C. The second kappa shape index (κ2) is 11.2. The summed E-state index contributed by atoms with van der Waals surface area (Å²) < 4.78 is 8.77. The van der Waals surface area contributed by atoms with E-state index in [1.165, 1.54) is 11.1 Å². The molecule has 0 bridgehead atoms. The summed E-state index contributed by atoms with van der Waals surface area (Å²) in [6, 6.07) is 17.1. The van der Waals surface area contributed by atoms with Gasteiger partial charge >= 0.3 is 5.90 Å². The summed E-state index contributed by atoms with van der Waals surface area (Å²) in [6.07, 6.45) is 6.00. The molecule has 1 aliphatic rings. The van der Waals surface area contributed by atoms with E-state index in [-0.39, 0.29) is 12.0 Å². The van der Waals surface area contributed by atoms with Crippen molar-refractivity contribution in [1.29, 1.82) is 0 Å². The van der Waals surface area contributed by atoms with Gasteiger partial charge in [0.05, 0.1) is 12.3 Å². The van der Waals surface area contributed by atoms with Crippen LogP contribution in [0.15, 0.2) is 61.2 Å². The molecule has 3 rings (SSSR count). The van der Waals surface area contributed by atoms with E-state index in [2.05, 4.69) is 62.3 Å². The first-order chi connectivity index (χ1) is 15.0. The van der Waals surface area contributed by atoms with Gasteiger partial charge in [0.15, 0.2) is 18.7 Å². The van der Waals surface area contributed by atoms with E-state index < -0.39 is 0 Å². The fraction of sp³-hybridized carbons (Fsp3) is 0.444. The van der Waals surface area contributed by atoms with Crippen LogP contribution in [-0.2, 0) is 4.74 Å². The van der Waals surface area contributed by atoms with Crippen molar-refractivity contribution in [3.63, 3.8) is 0 Å². The third-order valence-electron chi connectivity index (χ3n) is 6.23.